The van der Waals surface area contributed by atoms with Crippen LogP contribution >= 0.6 is 11.8 Å². The summed E-state index contributed by atoms with van der Waals surface area (Å²) in [5, 5.41) is 5.25. The number of likely N-dealkylation sites (N-methyl/N-ethyl adjacent to an activating group) is 1. The molecule has 0 radical (unpaired) electrons. The second kappa shape index (κ2) is 12.8. The molecule has 10 heteroatoms. The lowest BCUT2D eigenvalue weighted by Crippen LogP contribution is -2.55. The SMILES string of the molecule is CSCC[C@H](NC(=O)[C@H](Cc1ccccc1)NC(=O)CN(C)C(=O)CN)C(N)=O. The van der Waals surface area contributed by atoms with Crippen LogP contribution in [0.1, 0.15) is 12.0 Å². The summed E-state index contributed by atoms with van der Waals surface area (Å²) in [6, 6.07) is 7.39. The summed E-state index contributed by atoms with van der Waals surface area (Å²) in [6.07, 6.45) is 2.50. The van der Waals surface area contributed by atoms with Crippen LogP contribution in [-0.2, 0) is 25.6 Å². The summed E-state index contributed by atoms with van der Waals surface area (Å²) in [4.78, 5) is 49.5. The van der Waals surface area contributed by atoms with Crippen LogP contribution < -0.4 is 22.1 Å². The van der Waals surface area contributed by atoms with E-state index in [9.17, 15) is 19.2 Å². The second-order valence-electron chi connectivity index (χ2n) is 6.51. The first-order valence-electron chi connectivity index (χ1n) is 9.14. The summed E-state index contributed by atoms with van der Waals surface area (Å²) in [6.45, 7) is -0.451. The van der Waals surface area contributed by atoms with Gasteiger partial charge in [-0.05, 0) is 24.0 Å². The number of primary amides is 1. The molecule has 9 nitrogen and oxygen atoms in total. The van der Waals surface area contributed by atoms with Crippen molar-refractivity contribution in [1.29, 1.82) is 0 Å². The van der Waals surface area contributed by atoms with Crippen LogP contribution in [0.3, 0.4) is 0 Å². The monoisotopic (exact) mass is 423 g/mol. The zero-order valence-electron chi connectivity index (χ0n) is 16.7. The fraction of sp³-hybridized carbons (Fsp3) is 0.474. The first kappa shape index (κ1) is 24.4. The lowest BCUT2D eigenvalue weighted by atomic mass is 10.0. The molecule has 1 aromatic carbocycles. The molecule has 0 saturated carbocycles. The molecule has 0 heterocycles. The van der Waals surface area contributed by atoms with Crippen molar-refractivity contribution in [2.75, 3.05) is 32.1 Å². The molecule has 6 N–H and O–H groups in total. The van der Waals surface area contributed by atoms with Gasteiger partial charge in [-0.15, -0.1) is 0 Å². The number of rotatable bonds is 12. The molecule has 0 saturated heterocycles. The third-order valence-electron chi connectivity index (χ3n) is 4.19. The number of nitrogens with zero attached hydrogens (tertiary/aromatic N) is 1. The molecule has 0 aliphatic carbocycles. The van der Waals surface area contributed by atoms with Crippen LogP contribution in [0.15, 0.2) is 30.3 Å². The molecule has 2 atom stereocenters. The Balaban J connectivity index is 2.89. The van der Waals surface area contributed by atoms with Crippen molar-refractivity contribution in [2.45, 2.75) is 24.9 Å². The first-order valence-corrected chi connectivity index (χ1v) is 10.5. The van der Waals surface area contributed by atoms with Gasteiger partial charge in [-0.1, -0.05) is 30.3 Å². The summed E-state index contributed by atoms with van der Waals surface area (Å²) in [5.41, 5.74) is 11.5. The minimum absolute atomic E-state index is 0.215. The van der Waals surface area contributed by atoms with E-state index in [2.05, 4.69) is 10.6 Å². The summed E-state index contributed by atoms with van der Waals surface area (Å²) < 4.78 is 0. The van der Waals surface area contributed by atoms with E-state index in [-0.39, 0.29) is 19.5 Å². The smallest absolute Gasteiger partial charge is 0.243 e. The van der Waals surface area contributed by atoms with Crippen LogP contribution in [0, 0.1) is 0 Å². The highest BCUT2D eigenvalue weighted by molar-refractivity contribution is 7.98. The topological polar surface area (TPSA) is 148 Å². The van der Waals surface area contributed by atoms with Crippen molar-refractivity contribution in [1.82, 2.24) is 15.5 Å². The van der Waals surface area contributed by atoms with Gasteiger partial charge >= 0.3 is 0 Å². The standard InChI is InChI=1S/C19H29N5O4S/c1-24(17(26)11-20)12-16(25)22-15(10-13-6-4-3-5-7-13)19(28)23-14(18(21)27)8-9-29-2/h3-7,14-15H,8-12,20H2,1-2H3,(H2,21,27)(H,22,25)(H,23,28)/t14-,15-/m0/s1. The van der Waals surface area contributed by atoms with Gasteiger partial charge in [0.1, 0.15) is 12.1 Å². The molecule has 0 bridgehead atoms. The number of benzene rings is 1. The fourth-order valence-electron chi connectivity index (χ4n) is 2.55. The highest BCUT2D eigenvalue weighted by atomic mass is 32.2. The number of nitrogens with one attached hydrogen (secondary N) is 2. The maximum atomic E-state index is 12.8. The maximum absolute atomic E-state index is 12.8. The van der Waals surface area contributed by atoms with Gasteiger partial charge < -0.3 is 27.0 Å². The van der Waals surface area contributed by atoms with E-state index < -0.39 is 35.7 Å². The Labute approximate surface area is 174 Å². The predicted molar refractivity (Wildman–Crippen MR) is 113 cm³/mol. The number of hydrogen-bond donors (Lipinski definition) is 4. The second-order valence-corrected chi connectivity index (χ2v) is 7.49. The van der Waals surface area contributed by atoms with E-state index in [1.807, 2.05) is 36.6 Å². The number of nitrogens with two attached hydrogens (primary N) is 2. The van der Waals surface area contributed by atoms with Crippen LogP contribution in [0.25, 0.3) is 0 Å². The largest absolute Gasteiger partial charge is 0.368 e. The normalized spacial score (nSPS) is 12.5. The average Bonchev–Trinajstić information content (AvgIpc) is 2.70. The number of hydrogen-bond acceptors (Lipinski definition) is 6. The average molecular weight is 424 g/mol. The molecule has 1 rings (SSSR count). The Kier molecular flexibility index (Phi) is 10.8. The molecule has 1 aromatic rings. The minimum atomic E-state index is -0.928. The molecular weight excluding hydrogens is 394 g/mol. The molecule has 160 valence electrons. The molecule has 0 aliphatic heterocycles. The van der Waals surface area contributed by atoms with Gasteiger partial charge in [0, 0.05) is 13.5 Å². The van der Waals surface area contributed by atoms with Crippen molar-refractivity contribution in [3.8, 4) is 0 Å². The van der Waals surface area contributed by atoms with Gasteiger partial charge in [-0.2, -0.15) is 11.8 Å². The molecule has 0 aliphatic rings. The Bertz CT molecular complexity index is 701. The van der Waals surface area contributed by atoms with Crippen molar-refractivity contribution < 1.29 is 19.2 Å². The molecular formula is C19H29N5O4S. The Morgan fingerprint density at radius 1 is 1.10 bits per heavy atom. The molecule has 29 heavy (non-hydrogen) atoms. The van der Waals surface area contributed by atoms with Gasteiger partial charge in [0.2, 0.25) is 23.6 Å². The molecule has 0 spiro atoms. The fourth-order valence-corrected chi connectivity index (χ4v) is 3.02. The number of thioether (sulfide) groups is 1. The quantitative estimate of drug-likeness (QED) is 0.334. The van der Waals surface area contributed by atoms with Crippen molar-refractivity contribution in [2.24, 2.45) is 11.5 Å². The van der Waals surface area contributed by atoms with Crippen LogP contribution in [0.2, 0.25) is 0 Å². The van der Waals surface area contributed by atoms with E-state index >= 15 is 0 Å². The molecule has 0 fully saturated rings. The lowest BCUT2D eigenvalue weighted by Gasteiger charge is -2.23. The van der Waals surface area contributed by atoms with Crippen LogP contribution in [-0.4, -0.2) is 72.8 Å². The van der Waals surface area contributed by atoms with Crippen molar-refractivity contribution in [3.63, 3.8) is 0 Å². The third kappa shape index (κ3) is 8.97. The van der Waals surface area contributed by atoms with Gasteiger partial charge in [-0.3, -0.25) is 19.2 Å². The highest BCUT2D eigenvalue weighted by Gasteiger charge is 2.26. The van der Waals surface area contributed by atoms with E-state index in [0.717, 1.165) is 5.56 Å². The van der Waals surface area contributed by atoms with E-state index in [0.29, 0.717) is 12.2 Å². The van der Waals surface area contributed by atoms with E-state index in [1.54, 1.807) is 0 Å². The minimum Gasteiger partial charge on any atom is -0.368 e. The highest BCUT2D eigenvalue weighted by Crippen LogP contribution is 2.06. The van der Waals surface area contributed by atoms with Gasteiger partial charge in [0.25, 0.3) is 0 Å². The Morgan fingerprint density at radius 2 is 1.76 bits per heavy atom. The number of carbonyl (C=O) groups excluding carboxylic acids is 4. The predicted octanol–water partition coefficient (Wildman–Crippen LogP) is -1.15. The number of amides is 4. The van der Waals surface area contributed by atoms with Crippen LogP contribution in [0.5, 0.6) is 0 Å². The van der Waals surface area contributed by atoms with Crippen molar-refractivity contribution in [3.05, 3.63) is 35.9 Å². The van der Waals surface area contributed by atoms with E-state index in [4.69, 9.17) is 11.5 Å². The summed E-state index contributed by atoms with van der Waals surface area (Å²) in [5.74, 6) is -1.40. The van der Waals surface area contributed by atoms with Crippen LogP contribution in [0.4, 0.5) is 0 Å². The zero-order chi connectivity index (χ0) is 21.8. The van der Waals surface area contributed by atoms with Gasteiger partial charge in [-0.25, -0.2) is 0 Å². The van der Waals surface area contributed by atoms with Crippen molar-refractivity contribution >= 4 is 35.4 Å². The number of carbonyl (C=O) groups is 4. The third-order valence-corrected chi connectivity index (χ3v) is 4.83. The zero-order valence-corrected chi connectivity index (χ0v) is 17.5. The van der Waals surface area contributed by atoms with Gasteiger partial charge in [0.15, 0.2) is 0 Å². The molecule has 4 amide bonds. The van der Waals surface area contributed by atoms with E-state index in [1.165, 1.54) is 23.7 Å². The maximum Gasteiger partial charge on any atom is 0.243 e. The molecule has 0 aromatic heterocycles. The first-order chi connectivity index (χ1) is 13.8. The van der Waals surface area contributed by atoms with Gasteiger partial charge in [0.05, 0.1) is 13.1 Å². The lowest BCUT2D eigenvalue weighted by molar-refractivity contribution is -0.135. The Morgan fingerprint density at radius 3 is 2.31 bits per heavy atom. The Hall–Kier alpha value is -2.59. The molecule has 0 unspecified atom stereocenters. The summed E-state index contributed by atoms with van der Waals surface area (Å²) >= 11 is 1.53. The summed E-state index contributed by atoms with van der Waals surface area (Å²) in [7, 11) is 1.45.